The maximum atomic E-state index is 13.3. The Labute approximate surface area is 242 Å². The summed E-state index contributed by atoms with van der Waals surface area (Å²) in [7, 11) is 4.55. The molecule has 0 bridgehead atoms. The number of methoxy groups -OCH3 is 3. The van der Waals surface area contributed by atoms with Crippen molar-refractivity contribution in [3.63, 3.8) is 0 Å². The molecule has 0 fully saturated rings. The zero-order valence-corrected chi connectivity index (χ0v) is 23.8. The maximum absolute atomic E-state index is 13.3. The highest BCUT2D eigenvalue weighted by Gasteiger charge is 2.21. The number of pyridine rings is 1. The fraction of sp³-hybridized carbons (Fsp3) is 0.194. The van der Waals surface area contributed by atoms with Gasteiger partial charge in [-0.05, 0) is 62.4 Å². The van der Waals surface area contributed by atoms with Crippen molar-refractivity contribution in [2.24, 2.45) is 0 Å². The van der Waals surface area contributed by atoms with E-state index < -0.39 is 17.6 Å². The normalized spacial score (nSPS) is 11.2. The van der Waals surface area contributed by atoms with Gasteiger partial charge in [0.1, 0.15) is 28.6 Å². The molecule has 2 amide bonds. The molecule has 218 valence electrons. The molecule has 0 atom stereocenters. The molecule has 0 saturated carbocycles. The van der Waals surface area contributed by atoms with E-state index in [0.29, 0.717) is 51.0 Å². The zero-order chi connectivity index (χ0) is 30.2. The summed E-state index contributed by atoms with van der Waals surface area (Å²) in [5.41, 5.74) is 1.10. The third-order valence-corrected chi connectivity index (χ3v) is 6.01. The van der Waals surface area contributed by atoms with Crippen LogP contribution >= 0.6 is 0 Å². The monoisotopic (exact) mass is 574 g/mol. The number of hydrogen-bond donors (Lipinski definition) is 3. The number of amides is 2. The Balaban J connectivity index is 1.57. The van der Waals surface area contributed by atoms with Crippen molar-refractivity contribution in [3.8, 4) is 28.7 Å². The van der Waals surface area contributed by atoms with Gasteiger partial charge in [0.15, 0.2) is 11.5 Å². The lowest BCUT2D eigenvalue weighted by atomic mass is 10.1. The lowest BCUT2D eigenvalue weighted by Crippen LogP contribution is -2.28. The van der Waals surface area contributed by atoms with E-state index in [9.17, 15) is 14.0 Å². The molecule has 0 saturated heterocycles. The van der Waals surface area contributed by atoms with Gasteiger partial charge in [-0.2, -0.15) is 0 Å². The smallest absolute Gasteiger partial charge is 0.262 e. The third kappa shape index (κ3) is 7.05. The fourth-order valence-electron chi connectivity index (χ4n) is 3.91. The average Bonchev–Trinajstić information content (AvgIpc) is 2.98. The Morgan fingerprint density at radius 1 is 0.810 bits per heavy atom. The summed E-state index contributed by atoms with van der Waals surface area (Å²) in [6, 6.07) is 15.3. The minimum Gasteiger partial charge on any atom is -0.494 e. The second-order valence-corrected chi connectivity index (χ2v) is 9.29. The number of rotatable bonds is 11. The number of anilines is 2. The largest absolute Gasteiger partial charge is 0.494 e. The molecule has 1 aromatic heterocycles. The first-order valence-corrected chi connectivity index (χ1v) is 12.9. The van der Waals surface area contributed by atoms with Gasteiger partial charge >= 0.3 is 0 Å². The van der Waals surface area contributed by atoms with Crippen LogP contribution in [0.15, 0.2) is 78.6 Å². The van der Waals surface area contributed by atoms with E-state index in [2.05, 4.69) is 20.9 Å². The molecule has 1 heterocycles. The predicted octanol–water partition coefficient (Wildman–Crippen LogP) is 5.65. The number of nitrogens with zero attached hydrogens (tertiary/aromatic N) is 1. The lowest BCUT2D eigenvalue weighted by Gasteiger charge is -2.15. The summed E-state index contributed by atoms with van der Waals surface area (Å²) in [5, 5.41) is 8.99. The van der Waals surface area contributed by atoms with Crippen molar-refractivity contribution >= 4 is 34.1 Å². The average molecular weight is 575 g/mol. The quantitative estimate of drug-likeness (QED) is 0.119. The third-order valence-electron chi connectivity index (χ3n) is 6.01. The summed E-state index contributed by atoms with van der Waals surface area (Å²) in [5.74, 6) is 0.505. The molecule has 3 aromatic carbocycles. The molecule has 3 N–H and O–H groups in total. The molecule has 11 heteroatoms. The van der Waals surface area contributed by atoms with E-state index in [0.717, 1.165) is 0 Å². The number of halogens is 1. The second-order valence-electron chi connectivity index (χ2n) is 9.29. The van der Waals surface area contributed by atoms with Gasteiger partial charge in [0, 0.05) is 41.6 Å². The van der Waals surface area contributed by atoms with E-state index in [-0.39, 0.29) is 11.6 Å². The molecule has 0 spiro atoms. The topological polar surface area (TPSA) is 120 Å². The summed E-state index contributed by atoms with van der Waals surface area (Å²) >= 11 is 0. The van der Waals surface area contributed by atoms with Gasteiger partial charge in [0.2, 0.25) is 0 Å². The van der Waals surface area contributed by atoms with Gasteiger partial charge < -0.3 is 34.9 Å². The van der Waals surface area contributed by atoms with Gasteiger partial charge in [-0.1, -0.05) is 0 Å². The Hall–Kier alpha value is -5.32. The zero-order valence-electron chi connectivity index (χ0n) is 23.8. The van der Waals surface area contributed by atoms with Crippen LogP contribution in [0, 0.1) is 5.82 Å². The molecule has 4 aromatic rings. The first-order chi connectivity index (χ1) is 20.2. The minimum absolute atomic E-state index is 0.0392. The SMILES string of the molecule is COc1cc(Oc2ccnc3cc(OC)c(OC)cc23)ccc1NC(=O)/C(=C/NC(C)C)C(=O)Nc1ccc(F)cc1. The fourth-order valence-corrected chi connectivity index (χ4v) is 3.91. The molecule has 4 rings (SSSR count). The van der Waals surface area contributed by atoms with Gasteiger partial charge in [-0.25, -0.2) is 4.39 Å². The van der Waals surface area contributed by atoms with Crippen LogP contribution in [-0.4, -0.2) is 44.2 Å². The standard InChI is InChI=1S/C31H31FN4O6/c1-18(2)34-17-23(30(37)35-20-8-6-19(32)7-9-20)31(38)36-24-11-10-21(14-27(24)39-3)42-26-12-13-33-25-16-29(41-5)28(40-4)15-22(25)26/h6-18,34H,1-5H3,(H,35,37)(H,36,38)/b23-17+. The first-order valence-electron chi connectivity index (χ1n) is 12.9. The molecular formula is C31H31FN4O6. The van der Waals surface area contributed by atoms with Crippen molar-refractivity contribution in [2.75, 3.05) is 32.0 Å². The minimum atomic E-state index is -0.684. The van der Waals surface area contributed by atoms with Gasteiger partial charge in [0.25, 0.3) is 11.8 Å². The van der Waals surface area contributed by atoms with Gasteiger partial charge in [0.05, 0.1) is 32.5 Å². The van der Waals surface area contributed by atoms with Crippen molar-refractivity contribution in [2.45, 2.75) is 19.9 Å². The van der Waals surface area contributed by atoms with Crippen LogP contribution in [0.5, 0.6) is 28.7 Å². The number of fused-ring (bicyclic) bond motifs is 1. The van der Waals surface area contributed by atoms with Crippen LogP contribution in [0.2, 0.25) is 0 Å². The molecule has 0 aliphatic rings. The summed E-state index contributed by atoms with van der Waals surface area (Å²) in [6.07, 6.45) is 2.95. The van der Waals surface area contributed by atoms with E-state index in [4.69, 9.17) is 18.9 Å². The number of carbonyl (C=O) groups is 2. The van der Waals surface area contributed by atoms with Crippen LogP contribution < -0.4 is 34.9 Å². The molecular weight excluding hydrogens is 543 g/mol. The predicted molar refractivity (Wildman–Crippen MR) is 158 cm³/mol. The molecule has 0 aliphatic heterocycles. The molecule has 42 heavy (non-hydrogen) atoms. The molecule has 0 unspecified atom stereocenters. The van der Waals surface area contributed by atoms with Crippen LogP contribution in [0.25, 0.3) is 10.9 Å². The number of nitrogens with one attached hydrogen (secondary N) is 3. The van der Waals surface area contributed by atoms with E-state index in [1.165, 1.54) is 37.6 Å². The van der Waals surface area contributed by atoms with Crippen molar-refractivity contribution in [3.05, 3.63) is 84.5 Å². The number of carbonyl (C=O) groups excluding carboxylic acids is 2. The van der Waals surface area contributed by atoms with Crippen LogP contribution in [0.3, 0.4) is 0 Å². The summed E-state index contributed by atoms with van der Waals surface area (Å²) in [4.78, 5) is 30.6. The van der Waals surface area contributed by atoms with E-state index in [1.807, 2.05) is 13.8 Å². The first kappa shape index (κ1) is 29.7. The lowest BCUT2D eigenvalue weighted by molar-refractivity contribution is -0.118. The van der Waals surface area contributed by atoms with Gasteiger partial charge in [-0.3, -0.25) is 14.6 Å². The highest BCUT2D eigenvalue weighted by atomic mass is 19.1. The van der Waals surface area contributed by atoms with Crippen LogP contribution in [0.4, 0.5) is 15.8 Å². The van der Waals surface area contributed by atoms with E-state index in [1.54, 1.807) is 56.8 Å². The molecule has 10 nitrogen and oxygen atoms in total. The summed E-state index contributed by atoms with van der Waals surface area (Å²) < 4.78 is 35.7. The summed E-state index contributed by atoms with van der Waals surface area (Å²) in [6.45, 7) is 3.73. The Morgan fingerprint density at radius 2 is 1.48 bits per heavy atom. The number of hydrogen-bond acceptors (Lipinski definition) is 8. The Morgan fingerprint density at radius 3 is 2.14 bits per heavy atom. The Kier molecular flexibility index (Phi) is 9.43. The highest BCUT2D eigenvalue weighted by molar-refractivity contribution is 6.26. The molecule has 0 aliphatic carbocycles. The Bertz CT molecular complexity index is 1620. The number of ether oxygens (including phenoxy) is 4. The molecule has 0 radical (unpaired) electrons. The van der Waals surface area contributed by atoms with Crippen molar-refractivity contribution in [1.29, 1.82) is 0 Å². The van der Waals surface area contributed by atoms with Crippen LogP contribution in [0.1, 0.15) is 13.8 Å². The number of benzene rings is 3. The second kappa shape index (κ2) is 13.4. The van der Waals surface area contributed by atoms with E-state index >= 15 is 0 Å². The maximum Gasteiger partial charge on any atom is 0.262 e. The number of aromatic nitrogens is 1. The van der Waals surface area contributed by atoms with Crippen LogP contribution in [-0.2, 0) is 9.59 Å². The highest BCUT2D eigenvalue weighted by Crippen LogP contribution is 2.38. The van der Waals surface area contributed by atoms with Gasteiger partial charge in [-0.15, -0.1) is 0 Å². The van der Waals surface area contributed by atoms with Crippen molar-refractivity contribution < 1.29 is 32.9 Å². The van der Waals surface area contributed by atoms with Crippen molar-refractivity contribution in [1.82, 2.24) is 10.3 Å².